The van der Waals surface area contributed by atoms with Gasteiger partial charge in [0.25, 0.3) is 10.1 Å². The highest BCUT2D eigenvalue weighted by Crippen LogP contribution is 2.25. The Kier molecular flexibility index (Phi) is 4.06. The van der Waals surface area contributed by atoms with Crippen molar-refractivity contribution >= 4 is 15.9 Å². The number of halogens is 1. The zero-order valence-electron chi connectivity index (χ0n) is 10.9. The van der Waals surface area contributed by atoms with E-state index in [-0.39, 0.29) is 21.8 Å². The van der Waals surface area contributed by atoms with E-state index >= 15 is 0 Å². The normalized spacial score (nSPS) is 11.2. The molecule has 0 aromatic heterocycles. The molecule has 0 radical (unpaired) electrons. The Bertz CT molecular complexity index is 782. The van der Waals surface area contributed by atoms with E-state index in [1.807, 2.05) is 0 Å². The smallest absolute Gasteiger partial charge is 0.294 e. The number of hydrogen-bond acceptors (Lipinski definition) is 4. The highest BCUT2D eigenvalue weighted by molar-refractivity contribution is 7.85. The van der Waals surface area contributed by atoms with Crippen molar-refractivity contribution < 1.29 is 26.9 Å². The summed E-state index contributed by atoms with van der Waals surface area (Å²) in [7, 11) is -3.12. The number of ether oxygens (including phenoxy) is 1. The molecule has 0 unspecified atom stereocenters. The lowest BCUT2D eigenvalue weighted by atomic mass is 10.0. The van der Waals surface area contributed by atoms with Crippen LogP contribution < -0.4 is 4.74 Å². The van der Waals surface area contributed by atoms with E-state index in [2.05, 4.69) is 0 Å². The number of methoxy groups -OCH3 is 1. The molecule has 2 rings (SSSR count). The van der Waals surface area contributed by atoms with Crippen molar-refractivity contribution in [2.45, 2.75) is 4.90 Å². The lowest BCUT2D eigenvalue weighted by Crippen LogP contribution is -2.06. The zero-order valence-corrected chi connectivity index (χ0v) is 11.7. The molecule has 1 N–H and O–H groups in total. The van der Waals surface area contributed by atoms with E-state index in [1.165, 1.54) is 25.3 Å². The second-order valence-corrected chi connectivity index (χ2v) is 5.59. The van der Waals surface area contributed by atoms with Crippen LogP contribution in [0.3, 0.4) is 0 Å². The van der Waals surface area contributed by atoms with E-state index < -0.39 is 21.7 Å². The fourth-order valence-corrected chi connectivity index (χ4v) is 2.27. The van der Waals surface area contributed by atoms with Crippen molar-refractivity contribution in [3.8, 4) is 5.75 Å². The molecular weight excluding hydrogens is 299 g/mol. The maximum Gasteiger partial charge on any atom is 0.294 e. The summed E-state index contributed by atoms with van der Waals surface area (Å²) in [6.07, 6.45) is 0. The molecule has 21 heavy (non-hydrogen) atoms. The maximum atomic E-state index is 12.9. The Balaban J connectivity index is 2.49. The number of ketones is 1. The van der Waals surface area contributed by atoms with Crippen LogP contribution in [0, 0.1) is 5.82 Å². The topological polar surface area (TPSA) is 80.7 Å². The van der Waals surface area contributed by atoms with Crippen molar-refractivity contribution in [1.82, 2.24) is 0 Å². The van der Waals surface area contributed by atoms with E-state index in [0.717, 1.165) is 24.3 Å². The van der Waals surface area contributed by atoms with E-state index in [9.17, 15) is 17.6 Å². The first-order valence-corrected chi connectivity index (χ1v) is 7.22. The lowest BCUT2D eigenvalue weighted by Gasteiger charge is -2.09. The molecule has 0 bridgehead atoms. The van der Waals surface area contributed by atoms with Gasteiger partial charge in [-0.15, -0.1) is 0 Å². The van der Waals surface area contributed by atoms with Crippen LogP contribution in [0.25, 0.3) is 0 Å². The number of rotatable bonds is 4. The van der Waals surface area contributed by atoms with Crippen LogP contribution in [0.2, 0.25) is 0 Å². The van der Waals surface area contributed by atoms with Crippen molar-refractivity contribution in [3.63, 3.8) is 0 Å². The Labute approximate surface area is 120 Å². The van der Waals surface area contributed by atoms with Gasteiger partial charge < -0.3 is 4.74 Å². The third-order valence-corrected chi connectivity index (χ3v) is 3.67. The summed E-state index contributed by atoms with van der Waals surface area (Å²) in [5, 5.41) is 0. The molecule has 0 aliphatic heterocycles. The SMILES string of the molecule is COc1cc(S(=O)(=O)O)ccc1C(=O)c1ccc(F)cc1. The Morgan fingerprint density at radius 1 is 1.14 bits per heavy atom. The summed E-state index contributed by atoms with van der Waals surface area (Å²) in [6.45, 7) is 0. The minimum Gasteiger partial charge on any atom is -0.496 e. The summed E-state index contributed by atoms with van der Waals surface area (Å²) in [5.41, 5.74) is 0.339. The van der Waals surface area contributed by atoms with Gasteiger partial charge in [0.05, 0.1) is 17.6 Å². The molecular formula is C14H11FO5S. The molecule has 2 aromatic rings. The molecule has 5 nitrogen and oxygen atoms in total. The lowest BCUT2D eigenvalue weighted by molar-refractivity contribution is 0.103. The van der Waals surface area contributed by atoms with Crippen molar-refractivity contribution in [2.24, 2.45) is 0 Å². The van der Waals surface area contributed by atoms with E-state index in [4.69, 9.17) is 9.29 Å². The molecule has 7 heteroatoms. The van der Waals surface area contributed by atoms with Crippen LogP contribution in [0.15, 0.2) is 47.4 Å². The fourth-order valence-electron chi connectivity index (χ4n) is 1.78. The predicted octanol–water partition coefficient (Wildman–Crippen LogP) is 2.31. The molecule has 0 atom stereocenters. The second-order valence-electron chi connectivity index (χ2n) is 4.17. The van der Waals surface area contributed by atoms with Gasteiger partial charge in [-0.1, -0.05) is 0 Å². The molecule has 0 fully saturated rings. The minimum absolute atomic E-state index is 0.000509. The third kappa shape index (κ3) is 3.26. The number of carbonyl (C=O) groups is 1. The molecule has 0 aliphatic rings. The van der Waals surface area contributed by atoms with Gasteiger partial charge >= 0.3 is 0 Å². The minimum atomic E-state index is -4.39. The quantitative estimate of drug-likeness (QED) is 0.692. The summed E-state index contributed by atoms with van der Waals surface area (Å²) < 4.78 is 48.9. The van der Waals surface area contributed by atoms with Crippen molar-refractivity contribution in [3.05, 3.63) is 59.4 Å². The molecule has 110 valence electrons. The molecule has 0 spiro atoms. The van der Waals surface area contributed by atoms with Crippen LogP contribution >= 0.6 is 0 Å². The molecule has 0 amide bonds. The Morgan fingerprint density at radius 2 is 1.76 bits per heavy atom. The van der Waals surface area contributed by atoms with Crippen LogP contribution in [0.1, 0.15) is 15.9 Å². The standard InChI is InChI=1S/C14H11FO5S/c1-20-13-8-11(21(17,18)19)6-7-12(13)14(16)9-2-4-10(15)5-3-9/h2-8H,1H3,(H,17,18,19). The molecule has 0 saturated heterocycles. The first kappa shape index (κ1) is 15.1. The number of hydrogen-bond donors (Lipinski definition) is 1. The van der Waals surface area contributed by atoms with Gasteiger partial charge in [0, 0.05) is 11.6 Å². The van der Waals surface area contributed by atoms with Gasteiger partial charge in [0.2, 0.25) is 0 Å². The third-order valence-electron chi connectivity index (χ3n) is 2.82. The summed E-state index contributed by atoms with van der Waals surface area (Å²) >= 11 is 0. The first-order valence-electron chi connectivity index (χ1n) is 5.78. The Morgan fingerprint density at radius 3 is 2.29 bits per heavy atom. The Hall–Kier alpha value is -2.25. The first-order chi connectivity index (χ1) is 9.82. The number of benzene rings is 2. The van der Waals surface area contributed by atoms with Crippen LogP contribution in [-0.2, 0) is 10.1 Å². The van der Waals surface area contributed by atoms with Crippen LogP contribution in [0.4, 0.5) is 4.39 Å². The molecule has 0 heterocycles. The summed E-state index contributed by atoms with van der Waals surface area (Å²) in [5.74, 6) is -0.923. The molecule has 2 aromatic carbocycles. The van der Waals surface area contributed by atoms with Gasteiger partial charge in [0.15, 0.2) is 5.78 Å². The zero-order chi connectivity index (χ0) is 15.6. The van der Waals surface area contributed by atoms with Gasteiger partial charge in [0.1, 0.15) is 11.6 Å². The van der Waals surface area contributed by atoms with Gasteiger partial charge in [-0.05, 0) is 36.4 Å². The van der Waals surface area contributed by atoms with Crippen molar-refractivity contribution in [1.29, 1.82) is 0 Å². The largest absolute Gasteiger partial charge is 0.496 e. The molecule has 0 aliphatic carbocycles. The van der Waals surface area contributed by atoms with E-state index in [1.54, 1.807) is 0 Å². The maximum absolute atomic E-state index is 12.9. The fraction of sp³-hybridized carbons (Fsp3) is 0.0714. The van der Waals surface area contributed by atoms with Crippen LogP contribution in [-0.4, -0.2) is 25.9 Å². The van der Waals surface area contributed by atoms with Crippen LogP contribution in [0.5, 0.6) is 5.75 Å². The highest BCUT2D eigenvalue weighted by atomic mass is 32.2. The van der Waals surface area contributed by atoms with Crippen molar-refractivity contribution in [2.75, 3.05) is 7.11 Å². The monoisotopic (exact) mass is 310 g/mol. The second kappa shape index (κ2) is 5.63. The summed E-state index contributed by atoms with van der Waals surface area (Å²) in [4.78, 5) is 11.9. The average Bonchev–Trinajstić information content (AvgIpc) is 2.45. The predicted molar refractivity (Wildman–Crippen MR) is 72.6 cm³/mol. The molecule has 0 saturated carbocycles. The van der Waals surface area contributed by atoms with Gasteiger partial charge in [-0.25, -0.2) is 4.39 Å². The van der Waals surface area contributed by atoms with E-state index in [0.29, 0.717) is 0 Å². The highest BCUT2D eigenvalue weighted by Gasteiger charge is 2.18. The number of carbonyl (C=O) groups excluding carboxylic acids is 1. The van der Waals surface area contributed by atoms with Gasteiger partial charge in [-0.3, -0.25) is 9.35 Å². The average molecular weight is 310 g/mol. The van der Waals surface area contributed by atoms with Gasteiger partial charge in [-0.2, -0.15) is 8.42 Å². The summed E-state index contributed by atoms with van der Waals surface area (Å²) in [6, 6.07) is 8.29.